The second-order valence-electron chi connectivity index (χ2n) is 9.42. The van der Waals surface area contributed by atoms with Crippen molar-refractivity contribution in [1.82, 2.24) is 5.43 Å². The van der Waals surface area contributed by atoms with E-state index in [1.807, 2.05) is 81.4 Å². The fraction of sp³-hybridized carbons (Fsp3) is 0.194. The van der Waals surface area contributed by atoms with Crippen molar-refractivity contribution in [2.45, 2.75) is 40.0 Å². The summed E-state index contributed by atoms with van der Waals surface area (Å²) in [7, 11) is 0. The predicted octanol–water partition coefficient (Wildman–Crippen LogP) is 6.59. The van der Waals surface area contributed by atoms with Crippen LogP contribution in [0.2, 0.25) is 0 Å². The maximum absolute atomic E-state index is 13.1. The first-order valence-corrected chi connectivity index (χ1v) is 12.4. The SMILES string of the molecule is Cc1ccc(C)c(NC(=O)c2oc3c(c2C)/C(=N/NC(=O)c2ccc(-c4ccccc4)cc2)CCC3)c1. The monoisotopic (exact) mass is 491 g/mol. The summed E-state index contributed by atoms with van der Waals surface area (Å²) in [5.74, 6) is 0.439. The normalized spacial score (nSPS) is 13.8. The van der Waals surface area contributed by atoms with Crippen LogP contribution in [0.3, 0.4) is 0 Å². The number of benzene rings is 3. The molecule has 0 aliphatic heterocycles. The lowest BCUT2D eigenvalue weighted by molar-refractivity contribution is 0.0953. The molecule has 3 aromatic carbocycles. The van der Waals surface area contributed by atoms with E-state index in [-0.39, 0.29) is 17.6 Å². The van der Waals surface area contributed by atoms with Gasteiger partial charge in [-0.25, -0.2) is 5.43 Å². The smallest absolute Gasteiger partial charge is 0.291 e. The molecule has 2 N–H and O–H groups in total. The predicted molar refractivity (Wildman–Crippen MR) is 146 cm³/mol. The van der Waals surface area contributed by atoms with Crippen molar-refractivity contribution >= 4 is 23.2 Å². The van der Waals surface area contributed by atoms with E-state index in [9.17, 15) is 9.59 Å². The summed E-state index contributed by atoms with van der Waals surface area (Å²) >= 11 is 0. The average molecular weight is 492 g/mol. The van der Waals surface area contributed by atoms with Gasteiger partial charge in [0.05, 0.1) is 5.71 Å². The lowest BCUT2D eigenvalue weighted by atomic mass is 9.93. The van der Waals surface area contributed by atoms with E-state index in [0.717, 1.165) is 63.4 Å². The van der Waals surface area contributed by atoms with Crippen LogP contribution in [-0.4, -0.2) is 17.5 Å². The van der Waals surface area contributed by atoms with Gasteiger partial charge in [-0.2, -0.15) is 5.10 Å². The van der Waals surface area contributed by atoms with Gasteiger partial charge in [-0.1, -0.05) is 54.6 Å². The Hall–Kier alpha value is -4.45. The van der Waals surface area contributed by atoms with Crippen LogP contribution in [0.15, 0.2) is 82.3 Å². The van der Waals surface area contributed by atoms with E-state index < -0.39 is 0 Å². The van der Waals surface area contributed by atoms with Crippen molar-refractivity contribution in [2.24, 2.45) is 5.10 Å². The summed E-state index contributed by atoms with van der Waals surface area (Å²) in [6.45, 7) is 5.81. The third-order valence-electron chi connectivity index (χ3n) is 6.72. The summed E-state index contributed by atoms with van der Waals surface area (Å²) in [5.41, 5.74) is 10.4. The van der Waals surface area contributed by atoms with Crippen molar-refractivity contribution in [1.29, 1.82) is 0 Å². The number of carbonyl (C=O) groups excluding carboxylic acids is 2. The van der Waals surface area contributed by atoms with E-state index in [0.29, 0.717) is 12.0 Å². The number of hydrogen-bond donors (Lipinski definition) is 2. The number of nitrogens with zero attached hydrogens (tertiary/aromatic N) is 1. The Bertz CT molecular complexity index is 1500. The molecule has 0 atom stereocenters. The van der Waals surface area contributed by atoms with Gasteiger partial charge in [0.15, 0.2) is 5.76 Å². The van der Waals surface area contributed by atoms with Crippen molar-refractivity contribution in [2.75, 3.05) is 5.32 Å². The van der Waals surface area contributed by atoms with E-state index in [1.165, 1.54) is 0 Å². The summed E-state index contributed by atoms with van der Waals surface area (Å²) in [5, 5.41) is 7.43. The van der Waals surface area contributed by atoms with Crippen molar-refractivity contribution in [3.63, 3.8) is 0 Å². The number of rotatable bonds is 5. The quantitative estimate of drug-likeness (QED) is 0.309. The molecule has 0 radical (unpaired) electrons. The summed E-state index contributed by atoms with van der Waals surface area (Å²) in [6, 6.07) is 23.4. The number of nitrogens with one attached hydrogen (secondary N) is 2. The minimum absolute atomic E-state index is 0.281. The number of carbonyl (C=O) groups is 2. The van der Waals surface area contributed by atoms with Crippen LogP contribution in [0.1, 0.15) is 61.8 Å². The molecule has 1 aliphatic rings. The maximum Gasteiger partial charge on any atom is 0.291 e. The number of hydrogen-bond acceptors (Lipinski definition) is 4. The fourth-order valence-electron chi connectivity index (χ4n) is 4.67. The zero-order valence-corrected chi connectivity index (χ0v) is 21.2. The minimum atomic E-state index is -0.289. The van der Waals surface area contributed by atoms with Gasteiger partial charge in [-0.15, -0.1) is 0 Å². The van der Waals surface area contributed by atoms with Gasteiger partial charge in [0, 0.05) is 28.8 Å². The molecule has 6 heteroatoms. The Labute approximate surface area is 216 Å². The first-order valence-electron chi connectivity index (χ1n) is 12.4. The van der Waals surface area contributed by atoms with Gasteiger partial charge in [0.1, 0.15) is 5.76 Å². The Morgan fingerprint density at radius 3 is 2.32 bits per heavy atom. The second-order valence-corrected chi connectivity index (χ2v) is 9.42. The van der Waals surface area contributed by atoms with Crippen LogP contribution in [0.5, 0.6) is 0 Å². The largest absolute Gasteiger partial charge is 0.455 e. The van der Waals surface area contributed by atoms with E-state index in [1.54, 1.807) is 12.1 Å². The summed E-state index contributed by atoms with van der Waals surface area (Å²) in [4.78, 5) is 25.9. The fourth-order valence-corrected chi connectivity index (χ4v) is 4.67. The first kappa shape index (κ1) is 24.3. The van der Waals surface area contributed by atoms with Crippen LogP contribution >= 0.6 is 0 Å². The standard InChI is InChI=1S/C31H29N3O3/c1-19-12-13-20(2)26(18-19)32-31(36)29-21(3)28-25(10-7-11-27(28)37-29)33-34-30(35)24-16-14-23(15-17-24)22-8-5-4-6-9-22/h4-6,8-9,12-18H,7,10-11H2,1-3H3,(H,32,36)(H,34,35)/b33-25+. The van der Waals surface area contributed by atoms with Crippen molar-refractivity contribution < 1.29 is 14.0 Å². The molecule has 1 aromatic heterocycles. The number of amides is 2. The molecule has 4 aromatic rings. The average Bonchev–Trinajstić information content (AvgIpc) is 3.27. The Morgan fingerprint density at radius 2 is 1.57 bits per heavy atom. The van der Waals surface area contributed by atoms with E-state index in [4.69, 9.17) is 4.42 Å². The van der Waals surface area contributed by atoms with Gasteiger partial charge < -0.3 is 9.73 Å². The zero-order valence-electron chi connectivity index (χ0n) is 21.2. The molecule has 0 saturated carbocycles. The lowest BCUT2D eigenvalue weighted by Crippen LogP contribution is -2.22. The summed E-state index contributed by atoms with van der Waals surface area (Å²) < 4.78 is 6.01. The Balaban J connectivity index is 1.33. The molecule has 0 bridgehead atoms. The second kappa shape index (κ2) is 10.3. The van der Waals surface area contributed by atoms with Crippen LogP contribution < -0.4 is 10.7 Å². The molecule has 0 saturated heterocycles. The van der Waals surface area contributed by atoms with Crippen molar-refractivity contribution in [3.05, 3.63) is 112 Å². The van der Waals surface area contributed by atoms with Gasteiger partial charge in [-0.05, 0) is 74.1 Å². The molecule has 0 spiro atoms. The molecular formula is C31H29N3O3. The molecule has 5 rings (SSSR count). The topological polar surface area (TPSA) is 83.7 Å². The zero-order chi connectivity index (χ0) is 25.9. The number of aryl methyl sites for hydroxylation is 3. The van der Waals surface area contributed by atoms with Gasteiger partial charge in [-0.3, -0.25) is 9.59 Å². The Kier molecular flexibility index (Phi) is 6.73. The van der Waals surface area contributed by atoms with Crippen molar-refractivity contribution in [3.8, 4) is 11.1 Å². The van der Waals surface area contributed by atoms with Gasteiger partial charge >= 0.3 is 0 Å². The molecular weight excluding hydrogens is 462 g/mol. The van der Waals surface area contributed by atoms with Gasteiger partial charge in [0.2, 0.25) is 0 Å². The molecule has 1 heterocycles. The Morgan fingerprint density at radius 1 is 0.838 bits per heavy atom. The molecule has 2 amide bonds. The highest BCUT2D eigenvalue weighted by Crippen LogP contribution is 2.31. The highest BCUT2D eigenvalue weighted by Gasteiger charge is 2.28. The molecule has 37 heavy (non-hydrogen) atoms. The molecule has 186 valence electrons. The maximum atomic E-state index is 13.1. The van der Waals surface area contributed by atoms with Crippen LogP contribution in [0, 0.1) is 20.8 Å². The van der Waals surface area contributed by atoms with Crippen LogP contribution in [0.4, 0.5) is 5.69 Å². The minimum Gasteiger partial charge on any atom is -0.455 e. The van der Waals surface area contributed by atoms with Gasteiger partial charge in [0.25, 0.3) is 11.8 Å². The molecule has 0 fully saturated rings. The first-order chi connectivity index (χ1) is 17.9. The number of hydrazone groups is 1. The van der Waals surface area contributed by atoms with Crippen LogP contribution in [-0.2, 0) is 6.42 Å². The number of anilines is 1. The molecule has 1 aliphatic carbocycles. The van der Waals surface area contributed by atoms with Crippen LogP contribution in [0.25, 0.3) is 11.1 Å². The highest BCUT2D eigenvalue weighted by molar-refractivity contribution is 6.09. The third kappa shape index (κ3) is 5.09. The highest BCUT2D eigenvalue weighted by atomic mass is 16.4. The number of fused-ring (bicyclic) bond motifs is 1. The molecule has 0 unspecified atom stereocenters. The van der Waals surface area contributed by atoms with E-state index >= 15 is 0 Å². The third-order valence-corrected chi connectivity index (χ3v) is 6.72. The number of furan rings is 1. The summed E-state index contributed by atoms with van der Waals surface area (Å²) in [6.07, 6.45) is 2.25. The lowest BCUT2D eigenvalue weighted by Gasteiger charge is -2.13. The van der Waals surface area contributed by atoms with E-state index in [2.05, 4.69) is 15.8 Å². The molecule has 6 nitrogen and oxygen atoms in total.